The summed E-state index contributed by atoms with van der Waals surface area (Å²) in [5.41, 5.74) is 3.01. The molecule has 152 valence electrons. The minimum Gasteiger partial charge on any atom is -0.497 e. The van der Waals surface area contributed by atoms with Gasteiger partial charge >= 0.3 is 0 Å². The highest BCUT2D eigenvalue weighted by atomic mass is 16.5. The Morgan fingerprint density at radius 2 is 1.97 bits per heavy atom. The van der Waals surface area contributed by atoms with Crippen molar-refractivity contribution in [3.05, 3.63) is 65.9 Å². The van der Waals surface area contributed by atoms with Gasteiger partial charge in [-0.2, -0.15) is 0 Å². The number of nitrogens with zero attached hydrogens (tertiary/aromatic N) is 1. The van der Waals surface area contributed by atoms with Crippen molar-refractivity contribution < 1.29 is 9.53 Å². The standard InChI is InChI=1S/C24H29N3O2/c1-29-20-7-8-23-21(15-20)22(16-26-23)24(28)25-12-9-18-10-13-27(14-11-18)17-19-5-3-2-4-6-19/h2-8,15-16,18,26H,9-14,17H2,1H3,(H,25,28). The second kappa shape index (κ2) is 9.14. The summed E-state index contributed by atoms with van der Waals surface area (Å²) < 4.78 is 5.28. The third-order valence-electron chi connectivity index (χ3n) is 5.93. The highest BCUT2D eigenvalue weighted by molar-refractivity contribution is 6.07. The number of piperidine rings is 1. The largest absolute Gasteiger partial charge is 0.497 e. The molecule has 1 aliphatic rings. The number of rotatable bonds is 7. The zero-order chi connectivity index (χ0) is 20.1. The number of likely N-dealkylation sites (tertiary alicyclic amines) is 1. The predicted octanol–water partition coefficient (Wildman–Crippen LogP) is 4.21. The molecular weight excluding hydrogens is 362 g/mol. The SMILES string of the molecule is COc1ccc2[nH]cc(C(=O)NCCC3CCN(Cc4ccccc4)CC3)c2c1. The second-order valence-electron chi connectivity index (χ2n) is 7.86. The van der Waals surface area contributed by atoms with Crippen molar-refractivity contribution in [2.24, 2.45) is 5.92 Å². The predicted molar refractivity (Wildman–Crippen MR) is 116 cm³/mol. The van der Waals surface area contributed by atoms with Gasteiger partial charge in [-0.3, -0.25) is 9.69 Å². The van der Waals surface area contributed by atoms with Crippen LogP contribution in [0.15, 0.2) is 54.7 Å². The number of ether oxygens (including phenoxy) is 1. The van der Waals surface area contributed by atoms with Crippen molar-refractivity contribution in [1.29, 1.82) is 0 Å². The summed E-state index contributed by atoms with van der Waals surface area (Å²) in [6, 6.07) is 16.4. The summed E-state index contributed by atoms with van der Waals surface area (Å²) in [4.78, 5) is 18.3. The molecule has 0 bridgehead atoms. The lowest BCUT2D eigenvalue weighted by Crippen LogP contribution is -2.34. The molecule has 4 rings (SSSR count). The van der Waals surface area contributed by atoms with E-state index in [9.17, 15) is 4.79 Å². The quantitative estimate of drug-likeness (QED) is 0.634. The highest BCUT2D eigenvalue weighted by Gasteiger charge is 2.19. The van der Waals surface area contributed by atoms with Crippen LogP contribution in [-0.4, -0.2) is 42.5 Å². The first-order valence-corrected chi connectivity index (χ1v) is 10.4. The Hall–Kier alpha value is -2.79. The number of hydrogen-bond donors (Lipinski definition) is 2. The third-order valence-corrected chi connectivity index (χ3v) is 5.93. The van der Waals surface area contributed by atoms with Crippen molar-refractivity contribution in [3.8, 4) is 5.75 Å². The molecule has 2 aromatic carbocycles. The first kappa shape index (κ1) is 19.5. The van der Waals surface area contributed by atoms with Crippen LogP contribution in [-0.2, 0) is 6.54 Å². The summed E-state index contributed by atoms with van der Waals surface area (Å²) in [5.74, 6) is 1.42. The Bertz CT molecular complexity index is 943. The molecule has 5 heteroatoms. The number of aromatic nitrogens is 1. The van der Waals surface area contributed by atoms with E-state index in [0.29, 0.717) is 11.5 Å². The lowest BCUT2D eigenvalue weighted by atomic mass is 9.93. The number of aromatic amines is 1. The van der Waals surface area contributed by atoms with E-state index in [-0.39, 0.29) is 5.91 Å². The van der Waals surface area contributed by atoms with Crippen LogP contribution in [0.5, 0.6) is 5.75 Å². The van der Waals surface area contributed by atoms with Gasteiger partial charge in [-0.25, -0.2) is 0 Å². The van der Waals surface area contributed by atoms with Crippen LogP contribution in [0.4, 0.5) is 0 Å². The Kier molecular flexibility index (Phi) is 6.15. The zero-order valence-electron chi connectivity index (χ0n) is 17.0. The molecule has 0 unspecified atom stereocenters. The molecular formula is C24H29N3O2. The van der Waals surface area contributed by atoms with Crippen LogP contribution in [0.2, 0.25) is 0 Å². The molecule has 0 saturated carbocycles. The van der Waals surface area contributed by atoms with Crippen molar-refractivity contribution in [2.75, 3.05) is 26.7 Å². The number of amides is 1. The first-order chi connectivity index (χ1) is 14.2. The molecule has 0 atom stereocenters. The Morgan fingerprint density at radius 3 is 2.72 bits per heavy atom. The highest BCUT2D eigenvalue weighted by Crippen LogP contribution is 2.24. The first-order valence-electron chi connectivity index (χ1n) is 10.4. The average Bonchev–Trinajstić information content (AvgIpc) is 3.19. The van der Waals surface area contributed by atoms with Gasteiger partial charge in [-0.05, 0) is 62.0 Å². The van der Waals surface area contributed by atoms with Gasteiger partial charge in [0, 0.05) is 30.2 Å². The van der Waals surface area contributed by atoms with Gasteiger partial charge in [0.15, 0.2) is 0 Å². The van der Waals surface area contributed by atoms with Crippen molar-refractivity contribution >= 4 is 16.8 Å². The van der Waals surface area contributed by atoms with Gasteiger partial charge in [0.05, 0.1) is 12.7 Å². The van der Waals surface area contributed by atoms with Gasteiger partial charge in [-0.15, -0.1) is 0 Å². The summed E-state index contributed by atoms with van der Waals surface area (Å²) in [5, 5.41) is 4.00. The number of carbonyl (C=O) groups excluding carboxylic acids is 1. The number of fused-ring (bicyclic) bond motifs is 1. The summed E-state index contributed by atoms with van der Waals surface area (Å²) in [7, 11) is 1.64. The molecule has 1 aliphatic heterocycles. The Balaban J connectivity index is 1.23. The molecule has 3 aromatic rings. The molecule has 0 radical (unpaired) electrons. The van der Waals surface area contributed by atoms with E-state index in [1.807, 2.05) is 18.2 Å². The van der Waals surface area contributed by atoms with E-state index < -0.39 is 0 Å². The fourth-order valence-corrected chi connectivity index (χ4v) is 4.17. The van der Waals surface area contributed by atoms with E-state index in [0.717, 1.165) is 49.3 Å². The van der Waals surface area contributed by atoms with E-state index in [2.05, 4.69) is 45.5 Å². The molecule has 5 nitrogen and oxygen atoms in total. The van der Waals surface area contributed by atoms with E-state index in [4.69, 9.17) is 4.74 Å². The van der Waals surface area contributed by atoms with Crippen molar-refractivity contribution in [3.63, 3.8) is 0 Å². The number of methoxy groups -OCH3 is 1. The monoisotopic (exact) mass is 391 g/mol. The molecule has 0 aliphatic carbocycles. The van der Waals surface area contributed by atoms with Gasteiger partial charge < -0.3 is 15.0 Å². The molecule has 29 heavy (non-hydrogen) atoms. The molecule has 1 fully saturated rings. The fourth-order valence-electron chi connectivity index (χ4n) is 4.17. The normalized spacial score (nSPS) is 15.5. The van der Waals surface area contributed by atoms with E-state index in [1.54, 1.807) is 13.3 Å². The maximum atomic E-state index is 12.6. The number of nitrogens with one attached hydrogen (secondary N) is 2. The number of hydrogen-bond acceptors (Lipinski definition) is 3. The molecule has 2 N–H and O–H groups in total. The molecule has 1 saturated heterocycles. The van der Waals surface area contributed by atoms with Crippen LogP contribution in [0.25, 0.3) is 10.9 Å². The van der Waals surface area contributed by atoms with Crippen LogP contribution >= 0.6 is 0 Å². The van der Waals surface area contributed by atoms with E-state index >= 15 is 0 Å². The lowest BCUT2D eigenvalue weighted by Gasteiger charge is -2.32. The fraction of sp³-hybridized carbons (Fsp3) is 0.375. The summed E-state index contributed by atoms with van der Waals surface area (Å²) in [6.07, 6.45) is 5.22. The maximum absolute atomic E-state index is 12.6. The molecule has 2 heterocycles. The molecule has 0 spiro atoms. The zero-order valence-corrected chi connectivity index (χ0v) is 17.0. The van der Waals surface area contributed by atoms with Crippen LogP contribution in [0.3, 0.4) is 0 Å². The van der Waals surface area contributed by atoms with Gasteiger partial charge in [0.25, 0.3) is 5.91 Å². The topological polar surface area (TPSA) is 57.4 Å². The minimum atomic E-state index is -0.0222. The molecule has 1 aromatic heterocycles. The van der Waals surface area contributed by atoms with Gasteiger partial charge in [0.1, 0.15) is 5.75 Å². The van der Waals surface area contributed by atoms with Crippen LogP contribution in [0, 0.1) is 5.92 Å². The minimum absolute atomic E-state index is 0.0222. The smallest absolute Gasteiger partial charge is 0.253 e. The summed E-state index contributed by atoms with van der Waals surface area (Å²) in [6.45, 7) is 4.03. The Labute approximate surface area is 172 Å². The van der Waals surface area contributed by atoms with E-state index in [1.165, 1.54) is 18.4 Å². The number of benzene rings is 2. The van der Waals surface area contributed by atoms with Crippen LogP contribution in [0.1, 0.15) is 35.2 Å². The third kappa shape index (κ3) is 4.80. The van der Waals surface area contributed by atoms with Crippen molar-refractivity contribution in [1.82, 2.24) is 15.2 Å². The maximum Gasteiger partial charge on any atom is 0.253 e. The average molecular weight is 392 g/mol. The lowest BCUT2D eigenvalue weighted by molar-refractivity contribution is 0.0949. The summed E-state index contributed by atoms with van der Waals surface area (Å²) >= 11 is 0. The number of H-pyrrole nitrogens is 1. The van der Waals surface area contributed by atoms with Gasteiger partial charge in [-0.1, -0.05) is 30.3 Å². The Morgan fingerprint density at radius 1 is 1.17 bits per heavy atom. The second-order valence-corrected chi connectivity index (χ2v) is 7.86. The van der Waals surface area contributed by atoms with Crippen molar-refractivity contribution in [2.45, 2.75) is 25.8 Å². The van der Waals surface area contributed by atoms with Crippen LogP contribution < -0.4 is 10.1 Å². The number of carbonyl (C=O) groups is 1. The van der Waals surface area contributed by atoms with Gasteiger partial charge in [0.2, 0.25) is 0 Å². The molecule has 1 amide bonds.